The molecule has 1 N–H and O–H groups in total. The Labute approximate surface area is 95.6 Å². The summed E-state index contributed by atoms with van der Waals surface area (Å²) in [6.45, 7) is 2.60. The minimum Gasteiger partial charge on any atom is -0.481 e. The van der Waals surface area contributed by atoms with Crippen LogP contribution in [0.4, 0.5) is 0 Å². The van der Waals surface area contributed by atoms with E-state index in [-0.39, 0.29) is 12.6 Å². The molecule has 0 saturated heterocycles. The molecular weight excluding hydrogens is 206 g/mol. The summed E-state index contributed by atoms with van der Waals surface area (Å²) >= 11 is 0. The third-order valence-electron chi connectivity index (χ3n) is 2.22. The Bertz CT molecular complexity index is 363. The maximum Gasteiger partial charge on any atom is 0.343 e. The van der Waals surface area contributed by atoms with Crippen LogP contribution in [0.2, 0.25) is 0 Å². The van der Waals surface area contributed by atoms with E-state index in [4.69, 9.17) is 4.74 Å². The van der Waals surface area contributed by atoms with Gasteiger partial charge in [0.25, 0.3) is 0 Å². The topological polar surface area (TPSA) is 47.6 Å². The molecule has 1 rings (SSSR count). The molecule has 4 heteroatoms. The second-order valence-electron chi connectivity index (χ2n) is 3.46. The van der Waals surface area contributed by atoms with Gasteiger partial charge in [0.15, 0.2) is 6.61 Å². The van der Waals surface area contributed by atoms with Gasteiger partial charge in [0.1, 0.15) is 5.75 Å². The Morgan fingerprint density at radius 2 is 2.19 bits per heavy atom. The molecule has 4 nitrogen and oxygen atoms in total. The van der Waals surface area contributed by atoms with Crippen LogP contribution in [0.3, 0.4) is 0 Å². The number of nitrogens with one attached hydrogen (secondary N) is 1. The largest absolute Gasteiger partial charge is 0.481 e. The molecule has 0 radical (unpaired) electrons. The van der Waals surface area contributed by atoms with Crippen molar-refractivity contribution in [3.63, 3.8) is 0 Å². The summed E-state index contributed by atoms with van der Waals surface area (Å²) in [6.07, 6.45) is 0. The summed E-state index contributed by atoms with van der Waals surface area (Å²) in [5, 5.41) is 3.06. The van der Waals surface area contributed by atoms with E-state index in [2.05, 4.69) is 10.1 Å². The van der Waals surface area contributed by atoms with Crippen LogP contribution in [-0.2, 0) is 16.1 Å². The Morgan fingerprint density at radius 3 is 2.81 bits per heavy atom. The van der Waals surface area contributed by atoms with E-state index in [0.717, 1.165) is 16.9 Å². The molecule has 0 fully saturated rings. The first-order chi connectivity index (χ1) is 7.69. The van der Waals surface area contributed by atoms with Crippen molar-refractivity contribution in [1.82, 2.24) is 5.32 Å². The quantitative estimate of drug-likeness (QED) is 0.764. The minimum atomic E-state index is -0.376. The van der Waals surface area contributed by atoms with Crippen molar-refractivity contribution < 1.29 is 14.3 Å². The summed E-state index contributed by atoms with van der Waals surface area (Å²) in [5.41, 5.74) is 2.04. The molecule has 0 atom stereocenters. The lowest BCUT2D eigenvalue weighted by atomic mass is 10.1. The predicted molar refractivity (Wildman–Crippen MR) is 61.5 cm³/mol. The van der Waals surface area contributed by atoms with Crippen molar-refractivity contribution in [2.45, 2.75) is 13.5 Å². The monoisotopic (exact) mass is 223 g/mol. The highest BCUT2D eigenvalue weighted by Gasteiger charge is 2.08. The van der Waals surface area contributed by atoms with Crippen molar-refractivity contribution in [3.05, 3.63) is 29.3 Å². The van der Waals surface area contributed by atoms with E-state index < -0.39 is 0 Å². The van der Waals surface area contributed by atoms with Gasteiger partial charge < -0.3 is 14.8 Å². The van der Waals surface area contributed by atoms with E-state index in [0.29, 0.717) is 6.54 Å². The molecule has 0 amide bonds. The van der Waals surface area contributed by atoms with Crippen LogP contribution < -0.4 is 10.1 Å². The van der Waals surface area contributed by atoms with Gasteiger partial charge in [-0.15, -0.1) is 0 Å². The van der Waals surface area contributed by atoms with Crippen molar-refractivity contribution in [1.29, 1.82) is 0 Å². The molecule has 0 heterocycles. The van der Waals surface area contributed by atoms with Gasteiger partial charge in [-0.05, 0) is 19.5 Å². The second kappa shape index (κ2) is 6.12. The molecule has 0 aliphatic rings. The number of carbonyl (C=O) groups excluding carboxylic acids is 1. The standard InChI is InChI=1S/C12H17NO3/c1-9-5-4-6-10(7-13-2)12(9)16-8-11(14)15-3/h4-6,13H,7-8H2,1-3H3. The van der Waals surface area contributed by atoms with Crippen LogP contribution in [0, 0.1) is 6.92 Å². The number of ether oxygens (including phenoxy) is 2. The summed E-state index contributed by atoms with van der Waals surface area (Å²) in [6, 6.07) is 5.88. The minimum absolute atomic E-state index is 0.0575. The molecule has 1 aromatic carbocycles. The zero-order valence-electron chi connectivity index (χ0n) is 9.87. The lowest BCUT2D eigenvalue weighted by molar-refractivity contribution is -0.142. The normalized spacial score (nSPS) is 9.94. The molecule has 88 valence electrons. The number of hydrogen-bond acceptors (Lipinski definition) is 4. The van der Waals surface area contributed by atoms with Crippen molar-refractivity contribution in [2.75, 3.05) is 20.8 Å². The molecule has 1 aromatic rings. The molecule has 0 bridgehead atoms. The lowest BCUT2D eigenvalue weighted by Gasteiger charge is -2.12. The first kappa shape index (κ1) is 12.5. The Balaban J connectivity index is 2.79. The van der Waals surface area contributed by atoms with Crippen LogP contribution in [0.15, 0.2) is 18.2 Å². The van der Waals surface area contributed by atoms with Crippen LogP contribution in [0.5, 0.6) is 5.75 Å². The fraction of sp³-hybridized carbons (Fsp3) is 0.417. The zero-order chi connectivity index (χ0) is 12.0. The van der Waals surface area contributed by atoms with Crippen LogP contribution >= 0.6 is 0 Å². The van der Waals surface area contributed by atoms with E-state index in [1.807, 2.05) is 32.2 Å². The van der Waals surface area contributed by atoms with Gasteiger partial charge in [-0.3, -0.25) is 0 Å². The molecule has 0 aliphatic heterocycles. The maximum atomic E-state index is 11.0. The van der Waals surface area contributed by atoms with Gasteiger partial charge in [0, 0.05) is 12.1 Å². The molecule has 16 heavy (non-hydrogen) atoms. The first-order valence-corrected chi connectivity index (χ1v) is 5.11. The van der Waals surface area contributed by atoms with Gasteiger partial charge in [-0.25, -0.2) is 4.79 Å². The summed E-state index contributed by atoms with van der Waals surface area (Å²) in [5.74, 6) is 0.376. The van der Waals surface area contributed by atoms with E-state index in [9.17, 15) is 4.79 Å². The molecule has 0 unspecified atom stereocenters. The smallest absolute Gasteiger partial charge is 0.343 e. The zero-order valence-corrected chi connectivity index (χ0v) is 9.87. The molecule has 0 saturated carbocycles. The third kappa shape index (κ3) is 3.24. The Kier molecular flexibility index (Phi) is 4.79. The predicted octanol–water partition coefficient (Wildman–Crippen LogP) is 1.27. The van der Waals surface area contributed by atoms with Crippen molar-refractivity contribution in [3.8, 4) is 5.75 Å². The van der Waals surface area contributed by atoms with Gasteiger partial charge in [0.2, 0.25) is 0 Å². The number of esters is 1. The van der Waals surface area contributed by atoms with Gasteiger partial charge in [-0.1, -0.05) is 18.2 Å². The SMILES string of the molecule is CNCc1cccc(C)c1OCC(=O)OC. The highest BCUT2D eigenvalue weighted by molar-refractivity contribution is 5.71. The van der Waals surface area contributed by atoms with E-state index >= 15 is 0 Å². The lowest BCUT2D eigenvalue weighted by Crippen LogP contribution is -2.15. The number of benzene rings is 1. The summed E-state index contributed by atoms with van der Waals surface area (Å²) in [4.78, 5) is 11.0. The number of aryl methyl sites for hydroxylation is 1. The van der Waals surface area contributed by atoms with E-state index in [1.54, 1.807) is 0 Å². The van der Waals surface area contributed by atoms with Crippen molar-refractivity contribution in [2.24, 2.45) is 0 Å². The Hall–Kier alpha value is -1.55. The van der Waals surface area contributed by atoms with Crippen molar-refractivity contribution >= 4 is 5.97 Å². The number of rotatable bonds is 5. The first-order valence-electron chi connectivity index (χ1n) is 5.11. The highest BCUT2D eigenvalue weighted by atomic mass is 16.6. The van der Waals surface area contributed by atoms with Gasteiger partial charge in [-0.2, -0.15) is 0 Å². The summed E-state index contributed by atoms with van der Waals surface area (Å²) < 4.78 is 9.99. The maximum absolute atomic E-state index is 11.0. The number of hydrogen-bond donors (Lipinski definition) is 1. The molecule has 0 spiro atoms. The highest BCUT2D eigenvalue weighted by Crippen LogP contribution is 2.23. The van der Waals surface area contributed by atoms with Gasteiger partial charge >= 0.3 is 5.97 Å². The molecule has 0 aliphatic carbocycles. The van der Waals surface area contributed by atoms with Crippen LogP contribution in [-0.4, -0.2) is 26.7 Å². The fourth-order valence-electron chi connectivity index (χ4n) is 1.44. The van der Waals surface area contributed by atoms with E-state index in [1.165, 1.54) is 7.11 Å². The number of methoxy groups -OCH3 is 1. The number of para-hydroxylation sites is 1. The average Bonchev–Trinajstić information content (AvgIpc) is 2.28. The van der Waals surface area contributed by atoms with Crippen LogP contribution in [0.25, 0.3) is 0 Å². The second-order valence-corrected chi connectivity index (χ2v) is 3.46. The summed E-state index contributed by atoms with van der Waals surface area (Å²) in [7, 11) is 3.21. The molecular formula is C12H17NO3. The fourth-order valence-corrected chi connectivity index (χ4v) is 1.44. The average molecular weight is 223 g/mol. The van der Waals surface area contributed by atoms with Gasteiger partial charge in [0.05, 0.1) is 7.11 Å². The molecule has 0 aromatic heterocycles. The Morgan fingerprint density at radius 1 is 1.44 bits per heavy atom. The van der Waals surface area contributed by atoms with Crippen LogP contribution in [0.1, 0.15) is 11.1 Å². The third-order valence-corrected chi connectivity index (χ3v) is 2.22. The number of carbonyl (C=O) groups is 1.